The maximum Gasteiger partial charge on any atom is 0.292 e. The molecule has 0 aliphatic carbocycles. The molecular formula is C16H25ClN2O2. The van der Waals surface area contributed by atoms with Gasteiger partial charge < -0.3 is 5.32 Å². The fraction of sp³-hybridized carbons (Fsp3) is 0.625. The second-order valence-electron chi connectivity index (χ2n) is 5.32. The number of halogens is 1. The Kier molecular flexibility index (Phi) is 8.83. The van der Waals surface area contributed by atoms with Crippen LogP contribution in [0.25, 0.3) is 0 Å². The molecule has 1 aromatic carbocycles. The van der Waals surface area contributed by atoms with E-state index >= 15 is 0 Å². The fourth-order valence-electron chi connectivity index (χ4n) is 2.29. The Balaban J connectivity index is 2.21. The van der Waals surface area contributed by atoms with Crippen molar-refractivity contribution in [3.05, 3.63) is 33.3 Å². The predicted molar refractivity (Wildman–Crippen MR) is 89.2 cm³/mol. The van der Waals surface area contributed by atoms with Crippen molar-refractivity contribution >= 4 is 23.0 Å². The molecule has 1 aromatic rings. The number of nitro groups is 1. The van der Waals surface area contributed by atoms with E-state index in [1.165, 1.54) is 44.6 Å². The largest absolute Gasteiger partial charge is 0.379 e. The maximum absolute atomic E-state index is 10.9. The molecule has 0 saturated heterocycles. The molecule has 1 rings (SSSR count). The lowest BCUT2D eigenvalue weighted by Crippen LogP contribution is -2.04. The zero-order valence-corrected chi connectivity index (χ0v) is 13.5. The van der Waals surface area contributed by atoms with Gasteiger partial charge in [-0.3, -0.25) is 10.1 Å². The van der Waals surface area contributed by atoms with Crippen molar-refractivity contribution in [3.63, 3.8) is 0 Å². The van der Waals surface area contributed by atoms with Crippen LogP contribution in [0.15, 0.2) is 18.2 Å². The molecule has 4 nitrogen and oxygen atoms in total. The van der Waals surface area contributed by atoms with Gasteiger partial charge in [-0.15, -0.1) is 0 Å². The van der Waals surface area contributed by atoms with Crippen LogP contribution in [-0.4, -0.2) is 11.5 Å². The Morgan fingerprint density at radius 2 is 1.71 bits per heavy atom. The Morgan fingerprint density at radius 3 is 2.33 bits per heavy atom. The van der Waals surface area contributed by atoms with E-state index in [0.29, 0.717) is 10.7 Å². The molecule has 0 bridgehead atoms. The summed E-state index contributed by atoms with van der Waals surface area (Å²) in [5.41, 5.74) is 0.592. The van der Waals surface area contributed by atoms with Crippen LogP contribution in [0.4, 0.5) is 11.4 Å². The van der Waals surface area contributed by atoms with Crippen LogP contribution in [0.1, 0.15) is 58.3 Å². The van der Waals surface area contributed by atoms with Crippen molar-refractivity contribution < 1.29 is 4.92 Å². The Hall–Kier alpha value is -1.29. The van der Waals surface area contributed by atoms with Gasteiger partial charge in [0, 0.05) is 17.6 Å². The van der Waals surface area contributed by atoms with Gasteiger partial charge in [-0.25, -0.2) is 0 Å². The number of benzene rings is 1. The van der Waals surface area contributed by atoms with Gasteiger partial charge in [0.25, 0.3) is 5.69 Å². The first-order chi connectivity index (χ1) is 10.1. The van der Waals surface area contributed by atoms with Crippen molar-refractivity contribution in [2.45, 2.75) is 58.3 Å². The topological polar surface area (TPSA) is 55.2 Å². The third-order valence-corrected chi connectivity index (χ3v) is 3.74. The van der Waals surface area contributed by atoms with Gasteiger partial charge in [-0.05, 0) is 18.6 Å². The lowest BCUT2D eigenvalue weighted by molar-refractivity contribution is -0.384. The molecule has 0 aromatic heterocycles. The van der Waals surface area contributed by atoms with Crippen molar-refractivity contribution in [2.75, 3.05) is 11.9 Å². The zero-order chi connectivity index (χ0) is 15.5. The van der Waals surface area contributed by atoms with Crippen molar-refractivity contribution in [2.24, 2.45) is 0 Å². The van der Waals surface area contributed by atoms with E-state index in [2.05, 4.69) is 12.2 Å². The number of hydrogen-bond acceptors (Lipinski definition) is 3. The lowest BCUT2D eigenvalue weighted by atomic mass is 10.1. The molecule has 0 radical (unpaired) electrons. The minimum Gasteiger partial charge on any atom is -0.379 e. The van der Waals surface area contributed by atoms with Crippen molar-refractivity contribution in [1.82, 2.24) is 0 Å². The summed E-state index contributed by atoms with van der Waals surface area (Å²) < 4.78 is 0. The molecule has 0 aliphatic rings. The summed E-state index contributed by atoms with van der Waals surface area (Å²) in [6.07, 6.45) is 9.98. The molecule has 1 N–H and O–H groups in total. The van der Waals surface area contributed by atoms with Crippen LogP contribution in [0.5, 0.6) is 0 Å². The van der Waals surface area contributed by atoms with E-state index in [0.717, 1.165) is 19.4 Å². The number of rotatable bonds is 11. The average Bonchev–Trinajstić information content (AvgIpc) is 2.45. The molecule has 0 atom stereocenters. The highest BCUT2D eigenvalue weighted by molar-refractivity contribution is 6.31. The third kappa shape index (κ3) is 7.32. The summed E-state index contributed by atoms with van der Waals surface area (Å²) in [4.78, 5) is 10.5. The Labute approximate surface area is 132 Å². The predicted octanol–water partition coefficient (Wildman–Crippen LogP) is 5.80. The van der Waals surface area contributed by atoms with E-state index in [1.807, 2.05) is 0 Å². The first-order valence-electron chi connectivity index (χ1n) is 7.83. The number of nitro benzene ring substituents is 1. The molecular weight excluding hydrogens is 288 g/mol. The molecule has 21 heavy (non-hydrogen) atoms. The second kappa shape index (κ2) is 10.4. The standard InChI is InChI=1S/C16H25ClN2O2/c1-2-3-4-5-6-7-8-9-12-18-15-13-14(17)10-11-16(15)19(20)21/h10-11,13,18H,2-9,12H2,1H3. The van der Waals surface area contributed by atoms with Gasteiger partial charge in [0.05, 0.1) is 4.92 Å². The highest BCUT2D eigenvalue weighted by Gasteiger charge is 2.12. The summed E-state index contributed by atoms with van der Waals surface area (Å²) >= 11 is 5.88. The highest BCUT2D eigenvalue weighted by Crippen LogP contribution is 2.27. The molecule has 5 heteroatoms. The fourth-order valence-corrected chi connectivity index (χ4v) is 2.46. The van der Waals surface area contributed by atoms with Crippen LogP contribution in [-0.2, 0) is 0 Å². The van der Waals surface area contributed by atoms with E-state index in [-0.39, 0.29) is 10.6 Å². The minimum atomic E-state index is -0.383. The first-order valence-corrected chi connectivity index (χ1v) is 8.20. The van der Waals surface area contributed by atoms with Gasteiger partial charge in [-0.1, -0.05) is 63.5 Å². The van der Waals surface area contributed by atoms with Gasteiger partial charge in [0.2, 0.25) is 0 Å². The normalized spacial score (nSPS) is 10.6. The molecule has 0 heterocycles. The summed E-state index contributed by atoms with van der Waals surface area (Å²) in [6, 6.07) is 4.60. The number of unbranched alkanes of at least 4 members (excludes halogenated alkanes) is 7. The van der Waals surface area contributed by atoms with Crippen molar-refractivity contribution in [3.8, 4) is 0 Å². The van der Waals surface area contributed by atoms with Crippen LogP contribution in [0.3, 0.4) is 0 Å². The second-order valence-corrected chi connectivity index (χ2v) is 5.76. The van der Waals surface area contributed by atoms with Gasteiger partial charge in [-0.2, -0.15) is 0 Å². The lowest BCUT2D eigenvalue weighted by Gasteiger charge is -2.07. The van der Waals surface area contributed by atoms with E-state index in [9.17, 15) is 10.1 Å². The molecule has 0 saturated carbocycles. The summed E-state index contributed by atoms with van der Waals surface area (Å²) in [6.45, 7) is 2.97. The zero-order valence-electron chi connectivity index (χ0n) is 12.7. The smallest absolute Gasteiger partial charge is 0.292 e. The number of nitrogens with one attached hydrogen (secondary N) is 1. The molecule has 0 spiro atoms. The summed E-state index contributed by atoms with van der Waals surface area (Å²) in [7, 11) is 0. The Bertz CT molecular complexity index is 438. The van der Waals surface area contributed by atoms with E-state index in [4.69, 9.17) is 11.6 Å². The van der Waals surface area contributed by atoms with Gasteiger partial charge >= 0.3 is 0 Å². The van der Waals surface area contributed by atoms with Crippen molar-refractivity contribution in [1.29, 1.82) is 0 Å². The van der Waals surface area contributed by atoms with Crippen LogP contribution < -0.4 is 5.32 Å². The third-order valence-electron chi connectivity index (χ3n) is 3.50. The van der Waals surface area contributed by atoms with Crippen LogP contribution >= 0.6 is 11.6 Å². The molecule has 0 amide bonds. The molecule has 0 fully saturated rings. The monoisotopic (exact) mass is 312 g/mol. The molecule has 118 valence electrons. The SMILES string of the molecule is CCCCCCCCCCNc1cc(Cl)ccc1[N+](=O)[O-]. The Morgan fingerprint density at radius 1 is 1.10 bits per heavy atom. The highest BCUT2D eigenvalue weighted by atomic mass is 35.5. The maximum atomic E-state index is 10.9. The number of hydrogen-bond donors (Lipinski definition) is 1. The summed E-state index contributed by atoms with van der Waals surface area (Å²) in [5.74, 6) is 0. The van der Waals surface area contributed by atoms with E-state index in [1.54, 1.807) is 12.1 Å². The summed E-state index contributed by atoms with van der Waals surface area (Å²) in [5, 5.41) is 14.5. The van der Waals surface area contributed by atoms with Gasteiger partial charge in [0.1, 0.15) is 5.69 Å². The van der Waals surface area contributed by atoms with E-state index < -0.39 is 0 Å². The quantitative estimate of drug-likeness (QED) is 0.319. The average molecular weight is 313 g/mol. The first kappa shape index (κ1) is 17.8. The number of anilines is 1. The molecule has 0 aliphatic heterocycles. The minimum absolute atomic E-state index is 0.0824. The molecule has 0 unspecified atom stereocenters. The van der Waals surface area contributed by atoms with Gasteiger partial charge in [0.15, 0.2) is 0 Å². The number of nitrogens with zero attached hydrogens (tertiary/aromatic N) is 1. The van der Waals surface area contributed by atoms with Crippen LogP contribution in [0, 0.1) is 10.1 Å². The van der Waals surface area contributed by atoms with Crippen LogP contribution in [0.2, 0.25) is 5.02 Å².